The summed E-state index contributed by atoms with van der Waals surface area (Å²) >= 11 is 0. The van der Waals surface area contributed by atoms with Crippen molar-refractivity contribution in [2.24, 2.45) is 5.73 Å². The van der Waals surface area contributed by atoms with Crippen LogP contribution in [0.5, 0.6) is 5.75 Å². The van der Waals surface area contributed by atoms with E-state index in [1.807, 2.05) is 12.1 Å². The van der Waals surface area contributed by atoms with Gasteiger partial charge in [-0.25, -0.2) is 0 Å². The lowest BCUT2D eigenvalue weighted by molar-refractivity contribution is 0.290. The van der Waals surface area contributed by atoms with E-state index in [1.54, 1.807) is 0 Å². The molecule has 0 aliphatic rings. The second-order valence-electron chi connectivity index (χ2n) is 5.26. The highest BCUT2D eigenvalue weighted by Gasteiger charge is 2.08. The summed E-state index contributed by atoms with van der Waals surface area (Å²) in [5, 5.41) is 0. The predicted molar refractivity (Wildman–Crippen MR) is 84.2 cm³/mol. The minimum absolute atomic E-state index is 0.0971. The molecule has 0 bridgehead atoms. The average molecular weight is 269 g/mol. The minimum Gasteiger partial charge on any atom is -0.492 e. The Morgan fingerprint density at radius 3 is 2.30 bits per heavy atom. The second-order valence-corrected chi connectivity index (χ2v) is 5.26. The first-order valence-electron chi connectivity index (χ1n) is 7.14. The Hall–Kier alpha value is -1.80. The van der Waals surface area contributed by atoms with E-state index in [-0.39, 0.29) is 6.04 Å². The summed E-state index contributed by atoms with van der Waals surface area (Å²) in [5.74, 6) is 0.876. The Morgan fingerprint density at radius 2 is 1.70 bits per heavy atom. The number of rotatable bonds is 5. The SMILES string of the molecule is CCc1ccc(OCC(N)c2ccc(C)c(C)c2)cc1. The van der Waals surface area contributed by atoms with Crippen molar-refractivity contribution >= 4 is 0 Å². The zero-order chi connectivity index (χ0) is 14.5. The van der Waals surface area contributed by atoms with E-state index >= 15 is 0 Å². The van der Waals surface area contributed by atoms with E-state index in [0.717, 1.165) is 17.7 Å². The molecule has 0 heterocycles. The lowest BCUT2D eigenvalue weighted by atomic mass is 10.0. The van der Waals surface area contributed by atoms with Crippen LogP contribution < -0.4 is 10.5 Å². The zero-order valence-electron chi connectivity index (χ0n) is 12.5. The first kappa shape index (κ1) is 14.6. The van der Waals surface area contributed by atoms with E-state index in [1.165, 1.54) is 16.7 Å². The van der Waals surface area contributed by atoms with Crippen LogP contribution in [0.2, 0.25) is 0 Å². The van der Waals surface area contributed by atoms with Crippen molar-refractivity contribution in [3.8, 4) is 5.75 Å². The number of hydrogen-bond donors (Lipinski definition) is 1. The van der Waals surface area contributed by atoms with Crippen molar-refractivity contribution in [2.75, 3.05) is 6.61 Å². The van der Waals surface area contributed by atoms with Gasteiger partial charge in [0.25, 0.3) is 0 Å². The smallest absolute Gasteiger partial charge is 0.119 e. The van der Waals surface area contributed by atoms with Gasteiger partial charge in [-0.15, -0.1) is 0 Å². The maximum absolute atomic E-state index is 6.19. The Bertz CT molecular complexity index is 560. The standard InChI is InChI=1S/C18H23NO/c1-4-15-6-9-17(10-7-15)20-12-18(19)16-8-5-13(2)14(3)11-16/h5-11,18H,4,12,19H2,1-3H3. The second kappa shape index (κ2) is 6.58. The lowest BCUT2D eigenvalue weighted by Gasteiger charge is -2.15. The molecule has 2 heteroatoms. The number of nitrogens with two attached hydrogens (primary N) is 1. The van der Waals surface area contributed by atoms with Crippen molar-refractivity contribution < 1.29 is 4.74 Å². The van der Waals surface area contributed by atoms with Crippen molar-refractivity contribution in [2.45, 2.75) is 33.2 Å². The third-order valence-corrected chi connectivity index (χ3v) is 3.72. The van der Waals surface area contributed by atoms with Gasteiger partial charge in [0, 0.05) is 0 Å². The van der Waals surface area contributed by atoms with Gasteiger partial charge in [-0.05, 0) is 54.7 Å². The van der Waals surface area contributed by atoms with Crippen LogP contribution >= 0.6 is 0 Å². The monoisotopic (exact) mass is 269 g/mol. The Balaban J connectivity index is 1.96. The summed E-state index contributed by atoms with van der Waals surface area (Å²) in [6.45, 7) is 6.85. The first-order chi connectivity index (χ1) is 9.60. The van der Waals surface area contributed by atoms with Crippen LogP contribution in [0.25, 0.3) is 0 Å². The first-order valence-corrected chi connectivity index (χ1v) is 7.14. The highest BCUT2D eigenvalue weighted by molar-refractivity contribution is 5.32. The summed E-state index contributed by atoms with van der Waals surface area (Å²) in [5.41, 5.74) is 11.2. The zero-order valence-corrected chi connectivity index (χ0v) is 12.5. The summed E-state index contributed by atoms with van der Waals surface area (Å²) in [6.07, 6.45) is 1.04. The average Bonchev–Trinajstić information content (AvgIpc) is 2.48. The van der Waals surface area contributed by atoms with Crippen LogP contribution in [0, 0.1) is 13.8 Å². The van der Waals surface area contributed by atoms with Gasteiger partial charge in [-0.3, -0.25) is 0 Å². The normalized spacial score (nSPS) is 12.2. The molecule has 2 aromatic carbocycles. The molecular weight excluding hydrogens is 246 g/mol. The van der Waals surface area contributed by atoms with E-state index in [2.05, 4.69) is 51.1 Å². The van der Waals surface area contributed by atoms with Gasteiger partial charge in [-0.1, -0.05) is 37.3 Å². The highest BCUT2D eigenvalue weighted by atomic mass is 16.5. The molecule has 2 aromatic rings. The number of ether oxygens (including phenoxy) is 1. The lowest BCUT2D eigenvalue weighted by Crippen LogP contribution is -2.19. The van der Waals surface area contributed by atoms with Gasteiger partial charge in [-0.2, -0.15) is 0 Å². The molecule has 2 rings (SSSR count). The molecule has 0 radical (unpaired) electrons. The quantitative estimate of drug-likeness (QED) is 0.892. The van der Waals surface area contributed by atoms with Crippen LogP contribution in [0.15, 0.2) is 42.5 Å². The molecule has 1 unspecified atom stereocenters. The molecule has 1 atom stereocenters. The van der Waals surface area contributed by atoms with Crippen molar-refractivity contribution in [1.29, 1.82) is 0 Å². The van der Waals surface area contributed by atoms with Crippen molar-refractivity contribution in [1.82, 2.24) is 0 Å². The fraction of sp³-hybridized carbons (Fsp3) is 0.333. The third-order valence-electron chi connectivity index (χ3n) is 3.72. The summed E-state index contributed by atoms with van der Waals surface area (Å²) in [6, 6.07) is 14.4. The van der Waals surface area contributed by atoms with E-state index < -0.39 is 0 Å². The number of benzene rings is 2. The molecule has 2 nitrogen and oxygen atoms in total. The van der Waals surface area contributed by atoms with E-state index in [4.69, 9.17) is 10.5 Å². The molecular formula is C18H23NO. The number of aryl methyl sites for hydroxylation is 3. The molecule has 0 aromatic heterocycles. The molecule has 0 aliphatic heterocycles. The van der Waals surface area contributed by atoms with Crippen LogP contribution in [-0.4, -0.2) is 6.61 Å². The molecule has 0 spiro atoms. The molecule has 106 valence electrons. The molecule has 0 saturated carbocycles. The van der Waals surface area contributed by atoms with E-state index in [9.17, 15) is 0 Å². The van der Waals surface area contributed by atoms with Crippen LogP contribution in [0.3, 0.4) is 0 Å². The maximum Gasteiger partial charge on any atom is 0.119 e. The molecule has 20 heavy (non-hydrogen) atoms. The molecule has 0 amide bonds. The Kier molecular flexibility index (Phi) is 4.80. The van der Waals surface area contributed by atoms with Gasteiger partial charge < -0.3 is 10.5 Å². The van der Waals surface area contributed by atoms with Gasteiger partial charge in [0.1, 0.15) is 12.4 Å². The van der Waals surface area contributed by atoms with Gasteiger partial charge in [0.05, 0.1) is 6.04 Å². The molecule has 0 aliphatic carbocycles. The van der Waals surface area contributed by atoms with Crippen molar-refractivity contribution in [3.63, 3.8) is 0 Å². The Morgan fingerprint density at radius 1 is 1.00 bits per heavy atom. The van der Waals surface area contributed by atoms with Crippen LogP contribution in [0.1, 0.15) is 35.2 Å². The third kappa shape index (κ3) is 3.61. The summed E-state index contributed by atoms with van der Waals surface area (Å²) in [4.78, 5) is 0. The van der Waals surface area contributed by atoms with Crippen LogP contribution in [0.4, 0.5) is 0 Å². The van der Waals surface area contributed by atoms with Gasteiger partial charge in [0.2, 0.25) is 0 Å². The summed E-state index contributed by atoms with van der Waals surface area (Å²) in [7, 11) is 0. The number of hydrogen-bond acceptors (Lipinski definition) is 2. The predicted octanol–water partition coefficient (Wildman–Crippen LogP) is 3.94. The topological polar surface area (TPSA) is 35.2 Å². The summed E-state index contributed by atoms with van der Waals surface area (Å²) < 4.78 is 5.77. The molecule has 0 saturated heterocycles. The van der Waals surface area contributed by atoms with Gasteiger partial charge >= 0.3 is 0 Å². The van der Waals surface area contributed by atoms with Gasteiger partial charge in [0.15, 0.2) is 0 Å². The minimum atomic E-state index is -0.0971. The molecule has 0 fully saturated rings. The molecule has 2 N–H and O–H groups in total. The fourth-order valence-electron chi connectivity index (χ4n) is 2.10. The Labute approximate surface area is 121 Å². The maximum atomic E-state index is 6.19. The van der Waals surface area contributed by atoms with Crippen LogP contribution in [-0.2, 0) is 6.42 Å². The highest BCUT2D eigenvalue weighted by Crippen LogP contribution is 2.18. The fourth-order valence-corrected chi connectivity index (χ4v) is 2.10. The largest absolute Gasteiger partial charge is 0.492 e. The van der Waals surface area contributed by atoms with E-state index in [0.29, 0.717) is 6.61 Å². The van der Waals surface area contributed by atoms with Crippen molar-refractivity contribution in [3.05, 3.63) is 64.7 Å².